The van der Waals surface area contributed by atoms with Gasteiger partial charge < -0.3 is 28.7 Å². The first-order valence-electron chi connectivity index (χ1n) is 15.7. The molecule has 1 aliphatic rings. The average molecular weight is 655 g/mol. The summed E-state index contributed by atoms with van der Waals surface area (Å²) in [7, 11) is 0. The minimum absolute atomic E-state index is 0.00485. The Morgan fingerprint density at radius 3 is 2.44 bits per heavy atom. The molecule has 0 spiro atoms. The number of benzene rings is 2. The Balaban J connectivity index is 0.00000145. The van der Waals surface area contributed by atoms with Crippen molar-refractivity contribution in [2.24, 2.45) is 0 Å². The first-order chi connectivity index (χ1) is 23.4. The molecular formula is C34H38N8O6. The summed E-state index contributed by atoms with van der Waals surface area (Å²) in [4.78, 5) is 43.9. The molecule has 250 valence electrons. The molecule has 0 aliphatic carbocycles. The zero-order chi connectivity index (χ0) is 33.7. The van der Waals surface area contributed by atoms with Gasteiger partial charge in [-0.2, -0.15) is 0 Å². The molecule has 4 heterocycles. The van der Waals surface area contributed by atoms with Crippen molar-refractivity contribution < 1.29 is 28.8 Å². The van der Waals surface area contributed by atoms with Crippen LogP contribution in [0, 0.1) is 6.92 Å². The summed E-state index contributed by atoms with van der Waals surface area (Å²) < 4.78 is 15.3. The molecule has 5 aromatic rings. The van der Waals surface area contributed by atoms with E-state index in [2.05, 4.69) is 24.9 Å². The molecule has 2 aromatic carbocycles. The van der Waals surface area contributed by atoms with Crippen LogP contribution in [-0.2, 0) is 22.6 Å². The SMILES string of the molecule is Cc1cc(CC(=O)N2CCCCN(C(=O)c3cccc(-n4cnnc4)c3)CCOc3cccc(c3)-c3nccn3CCC2)on1.O=CO. The lowest BCUT2D eigenvalue weighted by atomic mass is 10.1. The molecule has 14 nitrogen and oxygen atoms in total. The van der Waals surface area contributed by atoms with E-state index >= 15 is 0 Å². The van der Waals surface area contributed by atoms with E-state index in [9.17, 15) is 9.59 Å². The Kier molecular flexibility index (Phi) is 11.7. The maximum Gasteiger partial charge on any atom is 0.290 e. The van der Waals surface area contributed by atoms with Crippen LogP contribution in [0.5, 0.6) is 5.75 Å². The number of nitrogens with zero attached hydrogens (tertiary/aromatic N) is 8. The molecule has 1 aliphatic heterocycles. The van der Waals surface area contributed by atoms with E-state index in [4.69, 9.17) is 19.2 Å². The second kappa shape index (κ2) is 16.7. The number of hydrogen-bond donors (Lipinski definition) is 1. The molecule has 1 N–H and O–H groups in total. The smallest absolute Gasteiger partial charge is 0.290 e. The van der Waals surface area contributed by atoms with Gasteiger partial charge in [-0.3, -0.25) is 19.0 Å². The first kappa shape index (κ1) is 33.6. The predicted molar refractivity (Wildman–Crippen MR) is 174 cm³/mol. The molecule has 48 heavy (non-hydrogen) atoms. The van der Waals surface area contributed by atoms with E-state index in [-0.39, 0.29) is 24.7 Å². The van der Waals surface area contributed by atoms with Crippen LogP contribution >= 0.6 is 0 Å². The molecule has 0 fully saturated rings. The molecule has 14 heteroatoms. The summed E-state index contributed by atoms with van der Waals surface area (Å²) in [6.45, 7) is 4.72. The number of carbonyl (C=O) groups excluding carboxylic acids is 2. The maximum atomic E-state index is 13.8. The van der Waals surface area contributed by atoms with Crippen molar-refractivity contribution in [3.05, 3.63) is 96.7 Å². The number of carboxylic acid groups (broad SMARTS) is 1. The number of imidazole rings is 1. The summed E-state index contributed by atoms with van der Waals surface area (Å²) in [6.07, 6.45) is 9.34. The van der Waals surface area contributed by atoms with Gasteiger partial charge in [0, 0.05) is 61.5 Å². The fraction of sp³-hybridized carbons (Fsp3) is 0.324. The van der Waals surface area contributed by atoms with Crippen LogP contribution in [0.25, 0.3) is 17.1 Å². The summed E-state index contributed by atoms with van der Waals surface area (Å²) in [5.41, 5.74) is 3.06. The van der Waals surface area contributed by atoms with E-state index in [0.29, 0.717) is 56.4 Å². The number of ether oxygens (including phenoxy) is 1. The number of aromatic nitrogens is 6. The van der Waals surface area contributed by atoms with Crippen molar-refractivity contribution in [3.8, 4) is 22.8 Å². The van der Waals surface area contributed by atoms with E-state index in [1.54, 1.807) is 29.5 Å². The van der Waals surface area contributed by atoms with Crippen LogP contribution in [-0.4, -0.2) is 95.5 Å². The van der Waals surface area contributed by atoms with E-state index in [0.717, 1.165) is 42.0 Å². The van der Waals surface area contributed by atoms with Crippen molar-refractivity contribution >= 4 is 18.3 Å². The Bertz CT molecular complexity index is 1780. The molecule has 2 bridgehead atoms. The van der Waals surface area contributed by atoms with Gasteiger partial charge in [0.25, 0.3) is 12.4 Å². The highest BCUT2D eigenvalue weighted by Crippen LogP contribution is 2.23. The van der Waals surface area contributed by atoms with Gasteiger partial charge in [0.05, 0.1) is 18.7 Å². The minimum Gasteiger partial charge on any atom is -0.492 e. The molecule has 0 saturated carbocycles. The van der Waals surface area contributed by atoms with Crippen molar-refractivity contribution in [1.82, 2.24) is 39.3 Å². The van der Waals surface area contributed by atoms with Crippen molar-refractivity contribution in [3.63, 3.8) is 0 Å². The lowest BCUT2D eigenvalue weighted by Gasteiger charge is -2.25. The van der Waals surface area contributed by atoms with Crippen LogP contribution in [0.4, 0.5) is 0 Å². The van der Waals surface area contributed by atoms with Crippen LogP contribution in [0.2, 0.25) is 0 Å². The molecule has 2 amide bonds. The zero-order valence-corrected chi connectivity index (χ0v) is 26.7. The number of fused-ring (bicyclic) bond motifs is 4. The van der Waals surface area contributed by atoms with Gasteiger partial charge in [-0.25, -0.2) is 4.98 Å². The molecule has 0 saturated heterocycles. The number of amides is 2. The molecule has 6 rings (SSSR count). The van der Waals surface area contributed by atoms with Gasteiger partial charge >= 0.3 is 0 Å². The van der Waals surface area contributed by atoms with Crippen molar-refractivity contribution in [2.45, 2.75) is 39.2 Å². The molecule has 0 atom stereocenters. The van der Waals surface area contributed by atoms with Crippen molar-refractivity contribution in [1.29, 1.82) is 0 Å². The van der Waals surface area contributed by atoms with Crippen LogP contribution < -0.4 is 4.74 Å². The van der Waals surface area contributed by atoms with Crippen LogP contribution in [0.15, 0.2) is 84.2 Å². The fourth-order valence-electron chi connectivity index (χ4n) is 5.54. The highest BCUT2D eigenvalue weighted by Gasteiger charge is 2.20. The Morgan fingerprint density at radius 2 is 1.67 bits per heavy atom. The lowest BCUT2D eigenvalue weighted by molar-refractivity contribution is -0.131. The third-order valence-electron chi connectivity index (χ3n) is 7.82. The largest absolute Gasteiger partial charge is 0.492 e. The van der Waals surface area contributed by atoms with Gasteiger partial charge in [-0.1, -0.05) is 23.4 Å². The Labute approximate surface area is 277 Å². The molecule has 0 radical (unpaired) electrons. The highest BCUT2D eigenvalue weighted by molar-refractivity contribution is 5.94. The van der Waals surface area contributed by atoms with Gasteiger partial charge in [0.2, 0.25) is 5.91 Å². The zero-order valence-electron chi connectivity index (χ0n) is 26.7. The van der Waals surface area contributed by atoms with Gasteiger partial charge in [-0.05, 0) is 56.5 Å². The molecule has 3 aromatic heterocycles. The fourth-order valence-corrected chi connectivity index (χ4v) is 5.54. The predicted octanol–water partition coefficient (Wildman–Crippen LogP) is 3.90. The second-order valence-corrected chi connectivity index (χ2v) is 11.2. The van der Waals surface area contributed by atoms with E-state index < -0.39 is 0 Å². The number of hydrogen-bond acceptors (Lipinski definition) is 9. The minimum atomic E-state index is -0.250. The lowest BCUT2D eigenvalue weighted by Crippen LogP contribution is -2.37. The number of aryl methyl sites for hydroxylation is 2. The standard InChI is InChI=1S/C33H36N8O4.CH2O2/c1-25-19-30(45-37-25)22-31(42)38-12-2-3-13-40(33(43)27-8-4-9-28(20-27)41-23-35-36-24-41)17-18-44-29-10-5-7-26(21-29)32-34-11-16-39(32)15-6-14-38;2-1-3/h4-5,7-11,16,19-21,23-24H,2-3,6,12-15,17-18,22H2,1H3;1H,(H,2,3). The van der Waals surface area contributed by atoms with Gasteiger partial charge in [-0.15, -0.1) is 10.2 Å². The van der Waals surface area contributed by atoms with Crippen molar-refractivity contribution in [2.75, 3.05) is 32.8 Å². The van der Waals surface area contributed by atoms with Gasteiger partial charge in [0.15, 0.2) is 0 Å². The monoisotopic (exact) mass is 654 g/mol. The quantitative estimate of drug-likeness (QED) is 0.281. The van der Waals surface area contributed by atoms with E-state index in [1.165, 1.54) is 0 Å². The molecule has 0 unspecified atom stereocenters. The van der Waals surface area contributed by atoms with Crippen LogP contribution in [0.3, 0.4) is 0 Å². The van der Waals surface area contributed by atoms with Gasteiger partial charge in [0.1, 0.15) is 36.6 Å². The first-order valence-corrected chi connectivity index (χ1v) is 15.7. The van der Waals surface area contributed by atoms with Crippen LogP contribution in [0.1, 0.15) is 41.1 Å². The molecular weight excluding hydrogens is 616 g/mol. The third kappa shape index (κ3) is 8.93. The summed E-state index contributed by atoms with van der Waals surface area (Å²) in [5.74, 6) is 2.02. The number of rotatable bonds is 4. The normalized spacial score (nSPS) is 14.1. The van der Waals surface area contributed by atoms with E-state index in [1.807, 2.05) is 71.5 Å². The second-order valence-electron chi connectivity index (χ2n) is 11.2. The summed E-state index contributed by atoms with van der Waals surface area (Å²) >= 11 is 0. The third-order valence-corrected chi connectivity index (χ3v) is 7.82. The maximum absolute atomic E-state index is 13.8. The Morgan fingerprint density at radius 1 is 0.917 bits per heavy atom. The Hall–Kier alpha value is -5.79. The summed E-state index contributed by atoms with van der Waals surface area (Å²) in [5, 5.41) is 18.6. The summed E-state index contributed by atoms with van der Waals surface area (Å²) in [6, 6.07) is 17.1. The average Bonchev–Trinajstić information content (AvgIpc) is 3.88. The number of carbonyl (C=O) groups is 3. The topological polar surface area (TPSA) is 162 Å². The highest BCUT2D eigenvalue weighted by atomic mass is 16.5.